The molecule has 1 aliphatic heterocycles. The van der Waals surface area contributed by atoms with Gasteiger partial charge in [0.15, 0.2) is 0 Å². The van der Waals surface area contributed by atoms with Gasteiger partial charge in [-0.2, -0.15) is 0 Å². The standard InChI is InChI=1S/C34H56O6/c1-20(35)38-23-19-25-31(7)15-13-26(39-21(2)36)29(3,4)24(31)12-17-32(25,8)33(9)16-11-22(28(23)33)34(10)18-14-27(40-34)30(5,6)37/h22-28,37H,11-19H2,1-10H3/t22-,23+,24-,25+,26-,27+,28-,31-,32+,33+,34-/m0/s1. The molecule has 0 amide bonds. The molecular formula is C34H56O6. The van der Waals surface area contributed by atoms with E-state index in [1.807, 2.05) is 13.8 Å². The molecule has 1 heterocycles. The maximum Gasteiger partial charge on any atom is 0.302 e. The number of carbonyl (C=O) groups excluding carboxylic acids is 2. The Balaban J connectivity index is 1.52. The number of hydrogen-bond donors (Lipinski definition) is 1. The predicted molar refractivity (Wildman–Crippen MR) is 154 cm³/mol. The van der Waals surface area contributed by atoms with E-state index in [4.69, 9.17) is 14.2 Å². The first-order valence-corrected chi connectivity index (χ1v) is 16.0. The second-order valence-corrected chi connectivity index (χ2v) is 16.6. The van der Waals surface area contributed by atoms with Crippen molar-refractivity contribution in [2.75, 3.05) is 0 Å². The Kier molecular flexibility index (Phi) is 7.15. The summed E-state index contributed by atoms with van der Waals surface area (Å²) in [7, 11) is 0. The van der Waals surface area contributed by atoms with E-state index in [-0.39, 0.29) is 69.3 Å². The van der Waals surface area contributed by atoms with Gasteiger partial charge in [0.2, 0.25) is 0 Å². The molecule has 0 radical (unpaired) electrons. The third kappa shape index (κ3) is 4.31. The summed E-state index contributed by atoms with van der Waals surface area (Å²) in [6.07, 6.45) is 8.68. The Bertz CT molecular complexity index is 1030. The minimum absolute atomic E-state index is 0.0186. The highest BCUT2D eigenvalue weighted by Crippen LogP contribution is 2.76. The Labute approximate surface area is 242 Å². The van der Waals surface area contributed by atoms with Crippen molar-refractivity contribution < 1.29 is 28.9 Å². The highest BCUT2D eigenvalue weighted by Gasteiger charge is 2.72. The van der Waals surface area contributed by atoms with Crippen LogP contribution in [0.1, 0.15) is 127 Å². The molecule has 0 spiro atoms. The Morgan fingerprint density at radius 3 is 2.00 bits per heavy atom. The number of hydrogen-bond acceptors (Lipinski definition) is 6. The molecule has 11 atom stereocenters. The summed E-state index contributed by atoms with van der Waals surface area (Å²) in [5.74, 6) is 1.00. The summed E-state index contributed by atoms with van der Waals surface area (Å²) in [5.41, 5.74) is -1.10. The molecule has 5 fully saturated rings. The van der Waals surface area contributed by atoms with Crippen LogP contribution in [0.5, 0.6) is 0 Å². The topological polar surface area (TPSA) is 82.1 Å². The van der Waals surface area contributed by atoms with E-state index in [0.29, 0.717) is 11.8 Å². The van der Waals surface area contributed by atoms with Gasteiger partial charge in [-0.1, -0.05) is 34.6 Å². The van der Waals surface area contributed by atoms with E-state index in [9.17, 15) is 14.7 Å². The summed E-state index contributed by atoms with van der Waals surface area (Å²) in [5, 5.41) is 10.8. The van der Waals surface area contributed by atoms with Crippen LogP contribution >= 0.6 is 0 Å². The molecule has 0 unspecified atom stereocenters. The molecular weight excluding hydrogens is 504 g/mol. The number of aliphatic hydroxyl groups is 1. The lowest BCUT2D eigenvalue weighted by atomic mass is 9.35. The molecule has 1 saturated heterocycles. The molecule has 0 aromatic heterocycles. The summed E-state index contributed by atoms with van der Waals surface area (Å²) < 4.78 is 19.0. The zero-order valence-corrected chi connectivity index (χ0v) is 26.9. The van der Waals surface area contributed by atoms with Crippen LogP contribution in [0, 0.1) is 45.3 Å². The fraction of sp³-hybridized carbons (Fsp3) is 0.941. The van der Waals surface area contributed by atoms with E-state index in [2.05, 4.69) is 41.5 Å². The van der Waals surface area contributed by atoms with Crippen molar-refractivity contribution in [3.05, 3.63) is 0 Å². The predicted octanol–water partition coefficient (Wildman–Crippen LogP) is 6.85. The van der Waals surface area contributed by atoms with Crippen LogP contribution in [0.3, 0.4) is 0 Å². The average molecular weight is 561 g/mol. The fourth-order valence-electron chi connectivity index (χ4n) is 11.8. The summed E-state index contributed by atoms with van der Waals surface area (Å²) >= 11 is 0. The SMILES string of the molecule is CC(=O)O[C@H]1CC[C@]2(C)[C@H]3C[C@@H](OC(C)=O)[C@@H]4[C@@H]([C@]5(C)CC[C@H](C(C)(C)O)O5)CC[C@@]4(C)[C@]3(C)CC[C@H]2C1(C)C. The van der Waals surface area contributed by atoms with Crippen LogP contribution < -0.4 is 0 Å². The first kappa shape index (κ1) is 30.3. The van der Waals surface area contributed by atoms with E-state index in [0.717, 1.165) is 57.8 Å². The molecule has 40 heavy (non-hydrogen) atoms. The van der Waals surface area contributed by atoms with Crippen molar-refractivity contribution in [2.45, 2.75) is 157 Å². The van der Waals surface area contributed by atoms with Crippen molar-refractivity contribution in [2.24, 2.45) is 45.3 Å². The number of carbonyl (C=O) groups is 2. The van der Waals surface area contributed by atoms with Gasteiger partial charge in [0, 0.05) is 25.2 Å². The fourth-order valence-corrected chi connectivity index (χ4v) is 11.8. The van der Waals surface area contributed by atoms with Crippen molar-refractivity contribution in [3.8, 4) is 0 Å². The second kappa shape index (κ2) is 9.43. The summed E-state index contributed by atoms with van der Waals surface area (Å²) in [6, 6.07) is 0. The first-order chi connectivity index (χ1) is 18.3. The van der Waals surface area contributed by atoms with E-state index < -0.39 is 5.60 Å². The van der Waals surface area contributed by atoms with Gasteiger partial charge in [-0.15, -0.1) is 0 Å². The van der Waals surface area contributed by atoms with Crippen LogP contribution in [0.25, 0.3) is 0 Å². The summed E-state index contributed by atoms with van der Waals surface area (Å²) in [6.45, 7) is 21.2. The molecule has 6 heteroatoms. The Hall–Kier alpha value is -1.14. The third-order valence-corrected chi connectivity index (χ3v) is 13.8. The number of fused-ring (bicyclic) bond motifs is 5. The van der Waals surface area contributed by atoms with Crippen LogP contribution in [-0.4, -0.2) is 46.6 Å². The van der Waals surface area contributed by atoms with Crippen LogP contribution in [0.4, 0.5) is 0 Å². The maximum absolute atomic E-state index is 12.6. The zero-order chi connectivity index (χ0) is 29.7. The summed E-state index contributed by atoms with van der Waals surface area (Å²) in [4.78, 5) is 24.6. The minimum Gasteiger partial charge on any atom is -0.462 e. The van der Waals surface area contributed by atoms with E-state index in [1.165, 1.54) is 6.92 Å². The molecule has 5 aliphatic rings. The van der Waals surface area contributed by atoms with Crippen molar-refractivity contribution in [3.63, 3.8) is 0 Å². The second-order valence-electron chi connectivity index (χ2n) is 16.6. The van der Waals surface area contributed by atoms with Gasteiger partial charge >= 0.3 is 11.9 Å². The molecule has 1 N–H and O–H groups in total. The number of esters is 2. The Morgan fingerprint density at radius 2 is 1.43 bits per heavy atom. The largest absolute Gasteiger partial charge is 0.462 e. The average Bonchev–Trinajstić information content (AvgIpc) is 3.39. The molecule has 0 aromatic rings. The normalized spacial score (nSPS) is 49.9. The van der Waals surface area contributed by atoms with Crippen molar-refractivity contribution >= 4 is 11.9 Å². The lowest BCUT2D eigenvalue weighted by Crippen LogP contribution is -2.67. The number of rotatable bonds is 4. The van der Waals surface area contributed by atoms with Crippen LogP contribution in [0.15, 0.2) is 0 Å². The van der Waals surface area contributed by atoms with Gasteiger partial charge < -0.3 is 19.3 Å². The van der Waals surface area contributed by atoms with Gasteiger partial charge in [0.1, 0.15) is 12.2 Å². The lowest BCUT2D eigenvalue weighted by molar-refractivity contribution is -0.254. The molecule has 4 saturated carbocycles. The molecule has 4 aliphatic carbocycles. The van der Waals surface area contributed by atoms with Gasteiger partial charge in [-0.25, -0.2) is 0 Å². The van der Waals surface area contributed by atoms with Crippen molar-refractivity contribution in [1.82, 2.24) is 0 Å². The smallest absolute Gasteiger partial charge is 0.302 e. The van der Waals surface area contributed by atoms with Gasteiger partial charge in [-0.3, -0.25) is 9.59 Å². The minimum atomic E-state index is -0.872. The Morgan fingerprint density at radius 1 is 0.800 bits per heavy atom. The maximum atomic E-state index is 12.6. The number of ether oxygens (including phenoxy) is 3. The first-order valence-electron chi connectivity index (χ1n) is 16.0. The zero-order valence-electron chi connectivity index (χ0n) is 26.9. The highest BCUT2D eigenvalue weighted by atomic mass is 16.6. The molecule has 228 valence electrons. The van der Waals surface area contributed by atoms with Gasteiger partial charge in [-0.05, 0) is 113 Å². The monoisotopic (exact) mass is 560 g/mol. The van der Waals surface area contributed by atoms with Gasteiger partial charge in [0.25, 0.3) is 0 Å². The van der Waals surface area contributed by atoms with Crippen LogP contribution in [0.2, 0.25) is 0 Å². The molecule has 6 nitrogen and oxygen atoms in total. The van der Waals surface area contributed by atoms with Crippen molar-refractivity contribution in [1.29, 1.82) is 0 Å². The molecule has 5 rings (SSSR count). The quantitative estimate of drug-likeness (QED) is 0.379. The van der Waals surface area contributed by atoms with E-state index in [1.54, 1.807) is 6.92 Å². The molecule has 0 bridgehead atoms. The van der Waals surface area contributed by atoms with Crippen LogP contribution in [-0.2, 0) is 23.8 Å². The lowest BCUT2D eigenvalue weighted by Gasteiger charge is -2.70. The third-order valence-electron chi connectivity index (χ3n) is 13.8. The highest BCUT2D eigenvalue weighted by molar-refractivity contribution is 5.66. The van der Waals surface area contributed by atoms with E-state index >= 15 is 0 Å². The van der Waals surface area contributed by atoms with Gasteiger partial charge in [0.05, 0.1) is 17.3 Å². The molecule has 0 aromatic carbocycles.